The zero-order chi connectivity index (χ0) is 7.68. The quantitative estimate of drug-likeness (QED) is 0.559. The summed E-state index contributed by atoms with van der Waals surface area (Å²) in [5.74, 6) is 0. The number of thiol groups is 1. The highest BCUT2D eigenvalue weighted by Crippen LogP contribution is 2.30. The molecule has 1 nitrogen and oxygen atoms in total. The van der Waals surface area contributed by atoms with E-state index in [1.165, 1.54) is 26.8 Å². The minimum absolute atomic E-state index is 1.01. The van der Waals surface area contributed by atoms with E-state index in [-0.39, 0.29) is 0 Å². The van der Waals surface area contributed by atoms with Gasteiger partial charge in [0, 0.05) is 4.90 Å². The summed E-state index contributed by atoms with van der Waals surface area (Å²) in [6.07, 6.45) is 0. The topological polar surface area (TPSA) is 12.9 Å². The largest absolute Gasteiger partial charge is 0.232 e. The minimum Gasteiger partial charge on any atom is -0.232 e. The van der Waals surface area contributed by atoms with Crippen LogP contribution in [0.1, 0.15) is 0 Å². The van der Waals surface area contributed by atoms with Crippen LogP contribution in [-0.4, -0.2) is 4.98 Å². The van der Waals surface area contributed by atoms with Gasteiger partial charge >= 0.3 is 0 Å². The second-order valence-corrected chi connectivity index (χ2v) is 4.00. The molecule has 1 radical (unpaired) electrons. The number of nitrogens with zero attached hydrogens (tertiary/aromatic N) is 1. The van der Waals surface area contributed by atoms with Gasteiger partial charge in [-0.1, -0.05) is 16.9 Å². The van der Waals surface area contributed by atoms with Crippen LogP contribution in [0.5, 0.6) is 0 Å². The van der Waals surface area contributed by atoms with Gasteiger partial charge in [-0.15, -0.1) is 23.0 Å². The standard InChI is InChI=1S/C7H4NS3/c9-11-6-3-1-2-5-7(6)8-4-10-5/h1-3,9H. The molecule has 0 aliphatic heterocycles. The normalized spacial score (nSPS) is 10.6. The van der Waals surface area contributed by atoms with E-state index in [4.69, 9.17) is 0 Å². The molecule has 11 heavy (non-hydrogen) atoms. The van der Waals surface area contributed by atoms with Gasteiger partial charge in [0.25, 0.3) is 0 Å². The van der Waals surface area contributed by atoms with Crippen molar-refractivity contribution in [3.05, 3.63) is 23.7 Å². The lowest BCUT2D eigenvalue weighted by Crippen LogP contribution is -1.70. The van der Waals surface area contributed by atoms with Crippen molar-refractivity contribution < 1.29 is 0 Å². The first kappa shape index (κ1) is 7.46. The number of para-hydroxylation sites is 1. The molecule has 2 rings (SSSR count). The highest BCUT2D eigenvalue weighted by atomic mass is 33.1. The van der Waals surface area contributed by atoms with Gasteiger partial charge in [0.05, 0.1) is 10.2 Å². The van der Waals surface area contributed by atoms with E-state index in [1.54, 1.807) is 0 Å². The van der Waals surface area contributed by atoms with E-state index in [1.807, 2.05) is 18.2 Å². The molecule has 0 spiro atoms. The Labute approximate surface area is 77.7 Å². The van der Waals surface area contributed by atoms with E-state index in [2.05, 4.69) is 22.2 Å². The number of fused-ring (bicyclic) bond motifs is 1. The van der Waals surface area contributed by atoms with Crippen molar-refractivity contribution >= 4 is 44.0 Å². The number of benzene rings is 1. The first-order valence-corrected chi connectivity index (χ1v) is 5.67. The molecule has 0 aliphatic carbocycles. The van der Waals surface area contributed by atoms with Gasteiger partial charge in [0.15, 0.2) is 5.51 Å². The van der Waals surface area contributed by atoms with Gasteiger partial charge in [0.2, 0.25) is 0 Å². The van der Waals surface area contributed by atoms with E-state index in [0.29, 0.717) is 0 Å². The monoisotopic (exact) mass is 198 g/mol. The van der Waals surface area contributed by atoms with Gasteiger partial charge in [-0.3, -0.25) is 0 Å². The average molecular weight is 198 g/mol. The average Bonchev–Trinajstić information content (AvgIpc) is 2.50. The van der Waals surface area contributed by atoms with Crippen molar-refractivity contribution in [1.29, 1.82) is 0 Å². The van der Waals surface area contributed by atoms with Gasteiger partial charge in [-0.25, -0.2) is 4.98 Å². The summed E-state index contributed by atoms with van der Waals surface area (Å²) in [5, 5.41) is 0. The fraction of sp³-hybridized carbons (Fsp3) is 0. The van der Waals surface area contributed by atoms with Crippen LogP contribution in [0.15, 0.2) is 23.1 Å². The van der Waals surface area contributed by atoms with Crippen molar-refractivity contribution in [2.24, 2.45) is 0 Å². The molecule has 0 saturated carbocycles. The van der Waals surface area contributed by atoms with Crippen molar-refractivity contribution in [2.75, 3.05) is 0 Å². The molecule has 0 amide bonds. The summed E-state index contributed by atoms with van der Waals surface area (Å²) in [6.45, 7) is 0. The predicted octanol–water partition coefficient (Wildman–Crippen LogP) is 3.03. The molecule has 0 atom stereocenters. The number of rotatable bonds is 1. The van der Waals surface area contributed by atoms with E-state index >= 15 is 0 Å². The lowest BCUT2D eigenvalue weighted by Gasteiger charge is -1.93. The maximum atomic E-state index is 4.13. The van der Waals surface area contributed by atoms with Crippen LogP contribution in [-0.2, 0) is 0 Å². The Morgan fingerprint density at radius 3 is 3.27 bits per heavy atom. The van der Waals surface area contributed by atoms with E-state index < -0.39 is 0 Å². The molecule has 4 heteroatoms. The lowest BCUT2D eigenvalue weighted by molar-refractivity contribution is 1.41. The summed E-state index contributed by atoms with van der Waals surface area (Å²) in [5.41, 5.74) is 3.87. The predicted molar refractivity (Wildman–Crippen MR) is 53.3 cm³/mol. The Balaban J connectivity index is 2.79. The molecular formula is C7H4NS3. The third kappa shape index (κ3) is 1.26. The van der Waals surface area contributed by atoms with Crippen LogP contribution in [0.3, 0.4) is 0 Å². The first-order valence-electron chi connectivity index (χ1n) is 2.99. The Morgan fingerprint density at radius 1 is 1.55 bits per heavy atom. The Morgan fingerprint density at radius 2 is 2.45 bits per heavy atom. The van der Waals surface area contributed by atoms with Crippen molar-refractivity contribution in [2.45, 2.75) is 4.90 Å². The van der Waals surface area contributed by atoms with Crippen molar-refractivity contribution in [1.82, 2.24) is 4.98 Å². The van der Waals surface area contributed by atoms with Gasteiger partial charge < -0.3 is 0 Å². The van der Waals surface area contributed by atoms with Crippen LogP contribution < -0.4 is 0 Å². The second-order valence-electron chi connectivity index (χ2n) is 2.00. The molecule has 0 saturated heterocycles. The Bertz CT molecular complexity index is 368. The van der Waals surface area contributed by atoms with Crippen LogP contribution >= 0.6 is 33.8 Å². The summed E-state index contributed by atoms with van der Waals surface area (Å²) in [4.78, 5) is 5.21. The maximum Gasteiger partial charge on any atom is 0.153 e. The van der Waals surface area contributed by atoms with Crippen LogP contribution in [0, 0.1) is 5.51 Å². The fourth-order valence-corrected chi connectivity index (χ4v) is 2.41. The highest BCUT2D eigenvalue weighted by molar-refractivity contribution is 8.68. The fourth-order valence-electron chi connectivity index (χ4n) is 0.886. The van der Waals surface area contributed by atoms with Gasteiger partial charge in [-0.05, 0) is 12.1 Å². The zero-order valence-corrected chi connectivity index (χ0v) is 7.97. The molecule has 1 aromatic heterocycles. The smallest absolute Gasteiger partial charge is 0.153 e. The second kappa shape index (κ2) is 3.05. The van der Waals surface area contributed by atoms with Crippen LogP contribution in [0.4, 0.5) is 0 Å². The highest BCUT2D eigenvalue weighted by Gasteiger charge is 2.01. The SMILES string of the molecule is SSc1cccc2s[c]nc12. The molecule has 0 aliphatic rings. The lowest BCUT2D eigenvalue weighted by atomic mass is 10.3. The third-order valence-corrected chi connectivity index (χ3v) is 3.22. The molecule has 1 aromatic carbocycles. The summed E-state index contributed by atoms with van der Waals surface area (Å²) >= 11 is 5.66. The van der Waals surface area contributed by atoms with Crippen molar-refractivity contribution in [3.8, 4) is 0 Å². The number of hydrogen-bond donors (Lipinski definition) is 1. The van der Waals surface area contributed by atoms with Gasteiger partial charge in [-0.2, -0.15) is 0 Å². The molecule has 0 N–H and O–H groups in total. The Kier molecular flexibility index (Phi) is 2.07. The first-order chi connectivity index (χ1) is 5.42. The number of aromatic nitrogens is 1. The van der Waals surface area contributed by atoms with Crippen LogP contribution in [0.25, 0.3) is 10.2 Å². The van der Waals surface area contributed by atoms with Crippen LogP contribution in [0.2, 0.25) is 0 Å². The van der Waals surface area contributed by atoms with Gasteiger partial charge in [0.1, 0.15) is 0 Å². The summed E-state index contributed by atoms with van der Waals surface area (Å²) in [6, 6.07) is 6.05. The molecule has 0 unspecified atom stereocenters. The molecule has 2 aromatic rings. The minimum atomic E-state index is 1.01. The molecule has 0 bridgehead atoms. The Hall–Kier alpha value is -0.190. The van der Waals surface area contributed by atoms with E-state index in [9.17, 15) is 0 Å². The summed E-state index contributed by atoms with van der Waals surface area (Å²) < 4.78 is 1.17. The van der Waals surface area contributed by atoms with Crippen molar-refractivity contribution in [3.63, 3.8) is 0 Å². The summed E-state index contributed by atoms with van der Waals surface area (Å²) in [7, 11) is 1.42. The molecule has 55 valence electrons. The third-order valence-electron chi connectivity index (χ3n) is 1.37. The number of hydrogen-bond acceptors (Lipinski definition) is 4. The molecule has 0 fully saturated rings. The molecule has 1 heterocycles. The molecular weight excluding hydrogens is 194 g/mol. The number of thiazole rings is 1. The van der Waals surface area contributed by atoms with E-state index in [0.717, 1.165) is 10.4 Å². The zero-order valence-electron chi connectivity index (χ0n) is 5.44. The maximum absolute atomic E-state index is 4.13.